The largest absolute Gasteiger partial charge is 0.495 e. The van der Waals surface area contributed by atoms with Gasteiger partial charge in [-0.15, -0.1) is 0 Å². The first-order chi connectivity index (χ1) is 17.0. The highest BCUT2D eigenvalue weighted by Crippen LogP contribution is 2.28. The van der Waals surface area contributed by atoms with Crippen LogP contribution < -0.4 is 15.1 Å². The lowest BCUT2D eigenvalue weighted by atomic mass is 10.0. The maximum absolute atomic E-state index is 12.5. The molecule has 1 aliphatic heterocycles. The standard InChI is InChI=1S/C29H34N4O2/c1-22(2)25-12-8-23(9-13-25)20-30-31-29(34)26-14-10-24(11-15-26)21-32-16-18-33(19-17-32)27-6-4-5-7-28(27)35-3/h4-15,20,22H,16-19,21H2,1-3H3,(H,31,34). The van der Waals surface area contributed by atoms with Crippen LogP contribution in [0.1, 0.15) is 46.8 Å². The van der Waals surface area contributed by atoms with Crippen LogP contribution in [-0.4, -0.2) is 50.3 Å². The summed E-state index contributed by atoms with van der Waals surface area (Å²) in [6, 6.07) is 24.1. The van der Waals surface area contributed by atoms with Gasteiger partial charge in [-0.25, -0.2) is 5.43 Å². The fourth-order valence-electron chi connectivity index (χ4n) is 4.25. The average molecular weight is 471 g/mol. The Morgan fingerprint density at radius 3 is 2.31 bits per heavy atom. The number of carbonyl (C=O) groups is 1. The molecule has 1 aliphatic rings. The normalized spacial score (nSPS) is 14.5. The molecule has 1 fully saturated rings. The van der Waals surface area contributed by atoms with E-state index < -0.39 is 0 Å². The van der Waals surface area contributed by atoms with Gasteiger partial charge in [-0.05, 0) is 46.9 Å². The number of hydrogen-bond acceptors (Lipinski definition) is 5. The summed E-state index contributed by atoms with van der Waals surface area (Å²) in [7, 11) is 1.72. The summed E-state index contributed by atoms with van der Waals surface area (Å²) in [5, 5.41) is 4.11. The second-order valence-electron chi connectivity index (χ2n) is 9.15. The first-order valence-corrected chi connectivity index (χ1v) is 12.2. The molecule has 0 aromatic heterocycles. The van der Waals surface area contributed by atoms with Gasteiger partial charge in [0, 0.05) is 38.3 Å². The van der Waals surface area contributed by atoms with Crippen LogP contribution in [0.4, 0.5) is 5.69 Å². The van der Waals surface area contributed by atoms with Crippen LogP contribution in [0.2, 0.25) is 0 Å². The molecule has 1 amide bonds. The first kappa shape index (κ1) is 24.5. The Kier molecular flexibility index (Phi) is 8.16. The van der Waals surface area contributed by atoms with Gasteiger partial charge < -0.3 is 9.64 Å². The molecule has 182 valence electrons. The number of benzene rings is 3. The van der Waals surface area contributed by atoms with E-state index in [9.17, 15) is 4.79 Å². The van der Waals surface area contributed by atoms with Crippen molar-refractivity contribution < 1.29 is 9.53 Å². The summed E-state index contributed by atoms with van der Waals surface area (Å²) in [5.74, 6) is 1.20. The zero-order valence-corrected chi connectivity index (χ0v) is 20.8. The molecule has 0 aliphatic carbocycles. The number of nitrogens with zero attached hydrogens (tertiary/aromatic N) is 3. The molecule has 6 nitrogen and oxygen atoms in total. The number of piperazine rings is 1. The Labute approximate surface area is 208 Å². The monoisotopic (exact) mass is 470 g/mol. The van der Waals surface area contributed by atoms with Gasteiger partial charge >= 0.3 is 0 Å². The SMILES string of the molecule is COc1ccccc1N1CCN(Cc2ccc(C(=O)NN=Cc3ccc(C(C)C)cc3)cc2)CC1. The highest BCUT2D eigenvalue weighted by Gasteiger charge is 2.19. The molecule has 6 heteroatoms. The maximum atomic E-state index is 12.5. The van der Waals surface area contributed by atoms with Crippen molar-refractivity contribution in [1.82, 2.24) is 10.3 Å². The Morgan fingerprint density at radius 1 is 0.971 bits per heavy atom. The highest BCUT2D eigenvalue weighted by molar-refractivity contribution is 5.94. The number of rotatable bonds is 8. The molecule has 1 N–H and O–H groups in total. The second kappa shape index (κ2) is 11.7. The minimum absolute atomic E-state index is 0.211. The van der Waals surface area contributed by atoms with E-state index in [-0.39, 0.29) is 5.91 Å². The van der Waals surface area contributed by atoms with Crippen LogP contribution in [0.15, 0.2) is 77.9 Å². The van der Waals surface area contributed by atoms with E-state index in [1.807, 2.05) is 48.5 Å². The lowest BCUT2D eigenvalue weighted by Gasteiger charge is -2.36. The highest BCUT2D eigenvalue weighted by atomic mass is 16.5. The summed E-state index contributed by atoms with van der Waals surface area (Å²) in [6.07, 6.45) is 1.67. The van der Waals surface area contributed by atoms with E-state index in [0.717, 1.165) is 49.7 Å². The van der Waals surface area contributed by atoms with Gasteiger partial charge in [0.2, 0.25) is 0 Å². The Morgan fingerprint density at radius 2 is 1.66 bits per heavy atom. The van der Waals surface area contributed by atoms with Gasteiger partial charge in [0.25, 0.3) is 5.91 Å². The van der Waals surface area contributed by atoms with Crippen LogP contribution in [0.25, 0.3) is 0 Å². The molecule has 0 radical (unpaired) electrons. The molecule has 3 aromatic carbocycles. The number of para-hydroxylation sites is 2. The van der Waals surface area contributed by atoms with Crippen molar-refractivity contribution >= 4 is 17.8 Å². The predicted octanol–water partition coefficient (Wildman–Crippen LogP) is 4.90. The molecule has 4 rings (SSSR count). The van der Waals surface area contributed by atoms with E-state index in [1.165, 1.54) is 11.1 Å². The van der Waals surface area contributed by atoms with Gasteiger partial charge in [-0.3, -0.25) is 9.69 Å². The summed E-state index contributed by atoms with van der Waals surface area (Å²) in [6.45, 7) is 9.07. The van der Waals surface area contributed by atoms with E-state index in [2.05, 4.69) is 58.4 Å². The minimum Gasteiger partial charge on any atom is -0.495 e. The molecule has 1 heterocycles. The molecule has 0 saturated carbocycles. The summed E-state index contributed by atoms with van der Waals surface area (Å²) in [5.41, 5.74) is 7.80. The quantitative estimate of drug-likeness (QED) is 0.376. The maximum Gasteiger partial charge on any atom is 0.271 e. The fraction of sp³-hybridized carbons (Fsp3) is 0.310. The number of hydrazone groups is 1. The third kappa shape index (κ3) is 6.49. The summed E-state index contributed by atoms with van der Waals surface area (Å²) in [4.78, 5) is 17.3. The number of hydrogen-bond donors (Lipinski definition) is 1. The average Bonchev–Trinajstić information content (AvgIpc) is 2.90. The smallest absolute Gasteiger partial charge is 0.271 e. The molecular formula is C29H34N4O2. The second-order valence-corrected chi connectivity index (χ2v) is 9.15. The molecule has 0 atom stereocenters. The van der Waals surface area contributed by atoms with Gasteiger partial charge in [-0.2, -0.15) is 5.10 Å². The van der Waals surface area contributed by atoms with Crippen LogP contribution in [0.5, 0.6) is 5.75 Å². The van der Waals surface area contributed by atoms with Crippen LogP contribution >= 0.6 is 0 Å². The minimum atomic E-state index is -0.211. The summed E-state index contributed by atoms with van der Waals surface area (Å²) >= 11 is 0. The van der Waals surface area contributed by atoms with Crippen molar-refractivity contribution in [3.8, 4) is 5.75 Å². The van der Waals surface area contributed by atoms with E-state index in [1.54, 1.807) is 13.3 Å². The van der Waals surface area contributed by atoms with Crippen molar-refractivity contribution in [2.75, 3.05) is 38.2 Å². The van der Waals surface area contributed by atoms with Crippen LogP contribution in [0, 0.1) is 0 Å². The van der Waals surface area contributed by atoms with Crippen molar-refractivity contribution in [3.05, 3.63) is 95.1 Å². The number of amides is 1. The number of anilines is 1. The van der Waals surface area contributed by atoms with Crippen LogP contribution in [0.3, 0.4) is 0 Å². The van der Waals surface area contributed by atoms with E-state index in [0.29, 0.717) is 11.5 Å². The van der Waals surface area contributed by atoms with E-state index in [4.69, 9.17) is 4.74 Å². The third-order valence-electron chi connectivity index (χ3n) is 6.40. The molecular weight excluding hydrogens is 436 g/mol. The molecule has 0 spiro atoms. The Bertz CT molecular complexity index is 1130. The number of ether oxygens (including phenoxy) is 1. The topological polar surface area (TPSA) is 57.2 Å². The van der Waals surface area contributed by atoms with Crippen LogP contribution in [-0.2, 0) is 6.54 Å². The zero-order chi connectivity index (χ0) is 24.6. The number of carbonyl (C=O) groups excluding carboxylic acids is 1. The molecule has 3 aromatic rings. The Hall–Kier alpha value is -3.64. The van der Waals surface area contributed by atoms with E-state index >= 15 is 0 Å². The van der Waals surface area contributed by atoms with Gasteiger partial charge in [0.05, 0.1) is 19.0 Å². The predicted molar refractivity (Wildman–Crippen MR) is 143 cm³/mol. The molecule has 35 heavy (non-hydrogen) atoms. The first-order valence-electron chi connectivity index (χ1n) is 12.2. The zero-order valence-electron chi connectivity index (χ0n) is 20.8. The van der Waals surface area contributed by atoms with Gasteiger partial charge in [-0.1, -0.05) is 62.4 Å². The van der Waals surface area contributed by atoms with Crippen molar-refractivity contribution in [2.24, 2.45) is 5.10 Å². The third-order valence-corrected chi connectivity index (χ3v) is 6.40. The van der Waals surface area contributed by atoms with Crippen molar-refractivity contribution in [3.63, 3.8) is 0 Å². The fourth-order valence-corrected chi connectivity index (χ4v) is 4.25. The Balaban J connectivity index is 1.25. The molecule has 1 saturated heterocycles. The lowest BCUT2D eigenvalue weighted by molar-refractivity contribution is 0.0955. The number of methoxy groups -OCH3 is 1. The number of nitrogens with one attached hydrogen (secondary N) is 1. The van der Waals surface area contributed by atoms with Gasteiger partial charge in [0.15, 0.2) is 0 Å². The van der Waals surface area contributed by atoms with Gasteiger partial charge in [0.1, 0.15) is 5.75 Å². The lowest BCUT2D eigenvalue weighted by Crippen LogP contribution is -2.46. The van der Waals surface area contributed by atoms with Crippen molar-refractivity contribution in [1.29, 1.82) is 0 Å². The van der Waals surface area contributed by atoms with Crippen molar-refractivity contribution in [2.45, 2.75) is 26.3 Å². The summed E-state index contributed by atoms with van der Waals surface area (Å²) < 4.78 is 5.51. The molecule has 0 unspecified atom stereocenters. The molecule has 0 bridgehead atoms.